The van der Waals surface area contributed by atoms with Crippen molar-refractivity contribution in [2.24, 2.45) is 11.7 Å². The molecule has 21 heavy (non-hydrogen) atoms. The van der Waals surface area contributed by atoms with Crippen LogP contribution in [0.2, 0.25) is 0 Å². The normalized spacial score (nSPS) is 11.6. The lowest BCUT2D eigenvalue weighted by Gasteiger charge is -2.15. The van der Waals surface area contributed by atoms with Gasteiger partial charge in [0.2, 0.25) is 11.8 Å². The summed E-state index contributed by atoms with van der Waals surface area (Å²) in [5.74, 6) is -0.813. The van der Waals surface area contributed by atoms with E-state index in [1.165, 1.54) is 0 Å². The van der Waals surface area contributed by atoms with Crippen molar-refractivity contribution >= 4 is 33.4 Å². The topological polar surface area (TPSA) is 108 Å². The third-order valence-electron chi connectivity index (χ3n) is 2.82. The second-order valence-electron chi connectivity index (χ2n) is 4.84. The fourth-order valence-corrected chi connectivity index (χ4v) is 1.86. The maximum Gasteiger partial charge on any atom is 0.243 e. The molecule has 6 nitrogen and oxygen atoms in total. The van der Waals surface area contributed by atoms with Crippen LogP contribution >= 0.6 is 15.9 Å². The second kappa shape index (κ2) is 7.76. The molecule has 0 saturated heterocycles. The number of nitrogens with two attached hydrogens (primary N) is 1. The number of nitrogens with zero attached hydrogens (tertiary/aromatic N) is 1. The third kappa shape index (κ3) is 5.17. The molecule has 1 aromatic carbocycles. The lowest BCUT2D eigenvalue weighted by molar-refractivity contribution is -0.125. The van der Waals surface area contributed by atoms with E-state index in [2.05, 4.69) is 26.6 Å². The molecular weight excluding hydrogens is 336 g/mol. The molecular formula is C14H17BrN4O2. The highest BCUT2D eigenvalue weighted by atomic mass is 79.9. The van der Waals surface area contributed by atoms with Gasteiger partial charge in [0.15, 0.2) is 0 Å². The first kappa shape index (κ1) is 17.1. The van der Waals surface area contributed by atoms with Gasteiger partial charge in [-0.1, -0.05) is 29.8 Å². The SMILES string of the molecule is CC(C)[C@H](N)C(=O)NCC(=O)Nc1cc(Br)ccc1C#N. The first-order valence-electron chi connectivity index (χ1n) is 6.38. The fourth-order valence-electron chi connectivity index (χ4n) is 1.50. The van der Waals surface area contributed by atoms with Crippen LogP contribution in [0.25, 0.3) is 0 Å². The zero-order chi connectivity index (χ0) is 16.0. The molecule has 7 heteroatoms. The van der Waals surface area contributed by atoms with Crippen LogP contribution < -0.4 is 16.4 Å². The zero-order valence-corrected chi connectivity index (χ0v) is 13.4. The molecule has 0 radical (unpaired) electrons. The van der Waals surface area contributed by atoms with Crippen molar-refractivity contribution in [3.05, 3.63) is 28.2 Å². The van der Waals surface area contributed by atoms with Gasteiger partial charge >= 0.3 is 0 Å². The Morgan fingerprint density at radius 2 is 2.10 bits per heavy atom. The summed E-state index contributed by atoms with van der Waals surface area (Å²) < 4.78 is 0.739. The molecule has 0 fully saturated rings. The Hall–Kier alpha value is -1.91. The number of carbonyl (C=O) groups excluding carboxylic acids is 2. The fraction of sp³-hybridized carbons (Fsp3) is 0.357. The minimum atomic E-state index is -0.654. The van der Waals surface area contributed by atoms with Gasteiger partial charge in [-0.3, -0.25) is 9.59 Å². The summed E-state index contributed by atoms with van der Waals surface area (Å²) in [6, 6.07) is 6.25. The quantitative estimate of drug-likeness (QED) is 0.743. The van der Waals surface area contributed by atoms with Gasteiger partial charge in [-0.2, -0.15) is 5.26 Å². The predicted molar refractivity (Wildman–Crippen MR) is 83.3 cm³/mol. The van der Waals surface area contributed by atoms with Crippen LogP contribution in [-0.4, -0.2) is 24.4 Å². The highest BCUT2D eigenvalue weighted by molar-refractivity contribution is 9.10. The number of amides is 2. The zero-order valence-electron chi connectivity index (χ0n) is 11.8. The maximum absolute atomic E-state index is 11.8. The van der Waals surface area contributed by atoms with Crippen LogP contribution in [0.4, 0.5) is 5.69 Å². The Bertz CT molecular complexity index is 581. The lowest BCUT2D eigenvalue weighted by atomic mass is 10.1. The van der Waals surface area contributed by atoms with Crippen molar-refractivity contribution in [3.63, 3.8) is 0 Å². The van der Waals surface area contributed by atoms with E-state index in [9.17, 15) is 9.59 Å². The third-order valence-corrected chi connectivity index (χ3v) is 3.31. The van der Waals surface area contributed by atoms with Crippen LogP contribution in [-0.2, 0) is 9.59 Å². The molecule has 0 unspecified atom stereocenters. The molecule has 2 amide bonds. The van der Waals surface area contributed by atoms with E-state index in [1.54, 1.807) is 18.2 Å². The van der Waals surface area contributed by atoms with E-state index in [0.717, 1.165) is 4.47 Å². The smallest absolute Gasteiger partial charge is 0.243 e. The van der Waals surface area contributed by atoms with Gasteiger partial charge in [0.1, 0.15) is 6.07 Å². The Balaban J connectivity index is 2.61. The van der Waals surface area contributed by atoms with E-state index in [1.807, 2.05) is 19.9 Å². The Labute approximate surface area is 131 Å². The van der Waals surface area contributed by atoms with Crippen LogP contribution in [0.3, 0.4) is 0 Å². The number of carbonyl (C=O) groups is 2. The maximum atomic E-state index is 11.8. The number of rotatable bonds is 5. The van der Waals surface area contributed by atoms with Crippen molar-refractivity contribution in [1.82, 2.24) is 5.32 Å². The van der Waals surface area contributed by atoms with Crippen molar-refractivity contribution in [3.8, 4) is 6.07 Å². The molecule has 0 bridgehead atoms. The van der Waals surface area contributed by atoms with E-state index >= 15 is 0 Å². The van der Waals surface area contributed by atoms with Gasteiger partial charge in [0.25, 0.3) is 0 Å². The second-order valence-corrected chi connectivity index (χ2v) is 5.75. The number of halogens is 1. The molecule has 0 saturated carbocycles. The monoisotopic (exact) mass is 352 g/mol. The van der Waals surface area contributed by atoms with Gasteiger partial charge in [0.05, 0.1) is 23.8 Å². The summed E-state index contributed by atoms with van der Waals surface area (Å²) >= 11 is 3.27. The molecule has 1 atom stereocenters. The minimum Gasteiger partial charge on any atom is -0.346 e. The minimum absolute atomic E-state index is 0.0108. The summed E-state index contributed by atoms with van der Waals surface area (Å²) in [6.45, 7) is 3.45. The Morgan fingerprint density at radius 1 is 1.43 bits per heavy atom. The van der Waals surface area contributed by atoms with Crippen LogP contribution in [0.1, 0.15) is 19.4 Å². The standard InChI is InChI=1S/C14H17BrN4O2/c1-8(2)13(17)14(21)18-7-12(20)19-11-5-10(15)4-3-9(11)6-16/h3-5,8,13H,7,17H2,1-2H3,(H,18,21)(H,19,20)/t13-/m0/s1. The first-order chi connectivity index (χ1) is 9.85. The van der Waals surface area contributed by atoms with Crippen LogP contribution in [0.15, 0.2) is 22.7 Å². The van der Waals surface area contributed by atoms with Gasteiger partial charge in [-0.05, 0) is 24.1 Å². The highest BCUT2D eigenvalue weighted by Crippen LogP contribution is 2.20. The molecule has 0 aliphatic rings. The molecule has 0 heterocycles. The first-order valence-corrected chi connectivity index (χ1v) is 7.17. The van der Waals surface area contributed by atoms with E-state index in [4.69, 9.17) is 11.0 Å². The largest absolute Gasteiger partial charge is 0.346 e. The van der Waals surface area contributed by atoms with Gasteiger partial charge in [-0.15, -0.1) is 0 Å². The lowest BCUT2D eigenvalue weighted by Crippen LogP contribution is -2.46. The van der Waals surface area contributed by atoms with Gasteiger partial charge < -0.3 is 16.4 Å². The molecule has 0 aliphatic carbocycles. The molecule has 0 aromatic heterocycles. The van der Waals surface area contributed by atoms with Crippen LogP contribution in [0.5, 0.6) is 0 Å². The van der Waals surface area contributed by atoms with Crippen molar-refractivity contribution in [2.75, 3.05) is 11.9 Å². The van der Waals surface area contributed by atoms with Crippen molar-refractivity contribution in [2.45, 2.75) is 19.9 Å². The number of hydrogen-bond donors (Lipinski definition) is 3. The molecule has 1 aromatic rings. The number of benzene rings is 1. The van der Waals surface area contributed by atoms with E-state index in [0.29, 0.717) is 11.3 Å². The van der Waals surface area contributed by atoms with Crippen molar-refractivity contribution in [1.29, 1.82) is 5.26 Å². The number of nitriles is 1. The number of nitrogens with one attached hydrogen (secondary N) is 2. The Morgan fingerprint density at radius 3 is 2.67 bits per heavy atom. The van der Waals surface area contributed by atoms with Crippen LogP contribution in [0, 0.1) is 17.2 Å². The van der Waals surface area contributed by atoms with E-state index in [-0.39, 0.29) is 18.4 Å². The number of hydrogen-bond acceptors (Lipinski definition) is 4. The summed E-state index contributed by atoms with van der Waals surface area (Å²) in [4.78, 5) is 23.4. The number of anilines is 1. The van der Waals surface area contributed by atoms with Gasteiger partial charge in [-0.25, -0.2) is 0 Å². The summed E-state index contributed by atoms with van der Waals surface area (Å²) in [5.41, 5.74) is 6.40. The average molecular weight is 353 g/mol. The van der Waals surface area contributed by atoms with E-state index < -0.39 is 11.9 Å². The average Bonchev–Trinajstić information content (AvgIpc) is 2.44. The summed E-state index contributed by atoms with van der Waals surface area (Å²) in [5, 5.41) is 14.0. The summed E-state index contributed by atoms with van der Waals surface area (Å²) in [7, 11) is 0. The highest BCUT2D eigenvalue weighted by Gasteiger charge is 2.17. The molecule has 112 valence electrons. The predicted octanol–water partition coefficient (Wildman–Crippen LogP) is 1.36. The summed E-state index contributed by atoms with van der Waals surface area (Å²) in [6.07, 6.45) is 0. The van der Waals surface area contributed by atoms with Crippen molar-refractivity contribution < 1.29 is 9.59 Å². The van der Waals surface area contributed by atoms with Gasteiger partial charge in [0, 0.05) is 4.47 Å². The molecule has 0 aliphatic heterocycles. The Kier molecular flexibility index (Phi) is 6.34. The molecule has 0 spiro atoms. The molecule has 1 rings (SSSR count). The molecule has 4 N–H and O–H groups in total.